The fourth-order valence-corrected chi connectivity index (χ4v) is 2.69. The molecule has 0 fully saturated rings. The lowest BCUT2D eigenvalue weighted by molar-refractivity contribution is -0.529. The van der Waals surface area contributed by atoms with Gasteiger partial charge in [-0.1, -0.05) is 36.2 Å². The van der Waals surface area contributed by atoms with Gasteiger partial charge < -0.3 is 0 Å². The summed E-state index contributed by atoms with van der Waals surface area (Å²) in [5, 5.41) is 0. The van der Waals surface area contributed by atoms with Crippen LogP contribution in [0.2, 0.25) is 0 Å². The molecule has 0 saturated heterocycles. The Morgan fingerprint density at radius 1 is 1.05 bits per heavy atom. The zero-order valence-corrected chi connectivity index (χ0v) is 13.1. The highest BCUT2D eigenvalue weighted by Crippen LogP contribution is 2.09. The van der Waals surface area contributed by atoms with Gasteiger partial charge in [0.2, 0.25) is 0 Å². The molecule has 1 aromatic carbocycles. The first-order chi connectivity index (χ1) is 9.74. The maximum Gasteiger partial charge on any atom is 0.155 e. The van der Waals surface area contributed by atoms with Crippen LogP contribution in [0.3, 0.4) is 0 Å². The van der Waals surface area contributed by atoms with Crippen molar-refractivity contribution >= 4 is 6.21 Å². The molecule has 1 aromatic rings. The molecule has 0 aliphatic carbocycles. The minimum Gasteiger partial charge on any atom is -0.291 e. The van der Waals surface area contributed by atoms with E-state index in [0.717, 1.165) is 6.54 Å². The van der Waals surface area contributed by atoms with Crippen LogP contribution < -0.4 is 0 Å². The van der Waals surface area contributed by atoms with Gasteiger partial charge in [0.15, 0.2) is 12.8 Å². The van der Waals surface area contributed by atoms with E-state index in [9.17, 15) is 0 Å². The summed E-state index contributed by atoms with van der Waals surface area (Å²) in [6.45, 7) is 6.94. The van der Waals surface area contributed by atoms with Gasteiger partial charge >= 0.3 is 0 Å². The van der Waals surface area contributed by atoms with E-state index in [4.69, 9.17) is 0 Å². The van der Waals surface area contributed by atoms with E-state index in [1.54, 1.807) is 0 Å². The van der Waals surface area contributed by atoms with Gasteiger partial charge in [-0.25, -0.2) is 4.58 Å². The number of benzene rings is 1. The number of rotatable bonds is 7. The maximum atomic E-state index is 2.50. The third-order valence-electron chi connectivity index (χ3n) is 4.20. The van der Waals surface area contributed by atoms with Gasteiger partial charge in [0.1, 0.15) is 6.54 Å². The van der Waals surface area contributed by atoms with Gasteiger partial charge in [-0.15, -0.1) is 0 Å². The normalized spacial score (nSPS) is 16.2. The number of likely N-dealkylation sites (N-methyl/N-ethyl adjacent to an activating group) is 1. The first-order valence-electron chi connectivity index (χ1n) is 8.05. The van der Waals surface area contributed by atoms with Crippen LogP contribution in [0.1, 0.15) is 36.8 Å². The third-order valence-corrected chi connectivity index (χ3v) is 4.20. The summed E-state index contributed by atoms with van der Waals surface area (Å²) in [5.74, 6) is 0. The Morgan fingerprint density at radius 2 is 1.80 bits per heavy atom. The molecule has 20 heavy (non-hydrogen) atoms. The Morgan fingerprint density at radius 3 is 2.50 bits per heavy atom. The zero-order chi connectivity index (χ0) is 14.2. The van der Waals surface area contributed by atoms with Crippen LogP contribution in [0.25, 0.3) is 0 Å². The first kappa shape index (κ1) is 15.2. The Hall–Kier alpha value is -1.15. The second kappa shape index (κ2) is 8.21. The maximum absolute atomic E-state index is 2.50. The van der Waals surface area contributed by atoms with Gasteiger partial charge in [-0.05, 0) is 38.8 Å². The first-order valence-corrected chi connectivity index (χ1v) is 8.05. The van der Waals surface area contributed by atoms with Gasteiger partial charge in [-0.3, -0.25) is 4.90 Å². The summed E-state index contributed by atoms with van der Waals surface area (Å²) in [6, 6.07) is 8.99. The van der Waals surface area contributed by atoms with Gasteiger partial charge in [0, 0.05) is 6.42 Å². The highest BCUT2D eigenvalue weighted by molar-refractivity contribution is 5.54. The van der Waals surface area contributed by atoms with Crippen molar-refractivity contribution in [3.8, 4) is 0 Å². The standard InChI is InChI=1S/C18H29N2/c1-17-8-10-18(11-9-17)7-5-3-4-6-12-20-15-13-19(2)14-16-20/h8-11,15H,3-7,12-14,16H2,1-2H3/q+1. The molecule has 1 aliphatic heterocycles. The van der Waals surface area contributed by atoms with Crippen molar-refractivity contribution in [1.29, 1.82) is 0 Å². The van der Waals surface area contributed by atoms with Crippen LogP contribution in [0.4, 0.5) is 0 Å². The minimum atomic E-state index is 1.12. The SMILES string of the molecule is Cc1ccc(CCCCCC[N+]2=CCN(C)CC2)cc1. The molecule has 0 N–H and O–H groups in total. The lowest BCUT2D eigenvalue weighted by atomic mass is 10.0. The molecule has 2 nitrogen and oxygen atoms in total. The van der Waals surface area contributed by atoms with Crippen molar-refractivity contribution in [2.75, 3.05) is 33.2 Å². The molecular formula is C18H29N2+. The van der Waals surface area contributed by atoms with Crippen LogP contribution in [0.5, 0.6) is 0 Å². The van der Waals surface area contributed by atoms with Gasteiger partial charge in [-0.2, -0.15) is 0 Å². The Kier molecular flexibility index (Phi) is 6.25. The molecule has 0 radical (unpaired) electrons. The predicted octanol–water partition coefficient (Wildman–Crippen LogP) is 3.13. The lowest BCUT2D eigenvalue weighted by Gasteiger charge is -2.17. The minimum absolute atomic E-state index is 1.12. The molecule has 2 rings (SSSR count). The molecule has 110 valence electrons. The molecule has 0 amide bonds. The molecule has 1 heterocycles. The average Bonchev–Trinajstić information content (AvgIpc) is 2.46. The van der Waals surface area contributed by atoms with Crippen molar-refractivity contribution in [3.05, 3.63) is 35.4 Å². The molecule has 0 aromatic heterocycles. The van der Waals surface area contributed by atoms with E-state index in [0.29, 0.717) is 0 Å². The summed E-state index contributed by atoms with van der Waals surface area (Å²) in [4.78, 5) is 2.37. The molecular weight excluding hydrogens is 244 g/mol. The van der Waals surface area contributed by atoms with Crippen LogP contribution in [-0.4, -0.2) is 48.9 Å². The molecule has 0 atom stereocenters. The van der Waals surface area contributed by atoms with Crippen molar-refractivity contribution in [2.24, 2.45) is 0 Å². The van der Waals surface area contributed by atoms with E-state index in [1.165, 1.54) is 62.9 Å². The van der Waals surface area contributed by atoms with E-state index in [-0.39, 0.29) is 0 Å². The van der Waals surface area contributed by atoms with E-state index >= 15 is 0 Å². The number of unbranched alkanes of at least 4 members (excludes halogenated alkanes) is 3. The summed E-state index contributed by atoms with van der Waals surface area (Å²) < 4.78 is 2.50. The van der Waals surface area contributed by atoms with E-state index in [1.807, 2.05) is 0 Å². The highest BCUT2D eigenvalue weighted by atomic mass is 15.2. The summed E-state index contributed by atoms with van der Waals surface area (Å²) in [7, 11) is 2.19. The van der Waals surface area contributed by atoms with Crippen LogP contribution in [-0.2, 0) is 6.42 Å². The summed E-state index contributed by atoms with van der Waals surface area (Å²) in [6.07, 6.45) is 8.99. The van der Waals surface area contributed by atoms with Gasteiger partial charge in [0.25, 0.3) is 0 Å². The van der Waals surface area contributed by atoms with Crippen LogP contribution in [0.15, 0.2) is 24.3 Å². The number of nitrogens with zero attached hydrogens (tertiary/aromatic N) is 2. The highest BCUT2D eigenvalue weighted by Gasteiger charge is 2.12. The van der Waals surface area contributed by atoms with E-state index in [2.05, 4.69) is 53.9 Å². The molecule has 0 bridgehead atoms. The smallest absolute Gasteiger partial charge is 0.155 e. The molecule has 0 spiro atoms. The predicted molar refractivity (Wildman–Crippen MR) is 86.9 cm³/mol. The second-order valence-corrected chi connectivity index (χ2v) is 6.13. The molecule has 2 heteroatoms. The van der Waals surface area contributed by atoms with Crippen LogP contribution >= 0.6 is 0 Å². The summed E-state index contributed by atoms with van der Waals surface area (Å²) >= 11 is 0. The third kappa shape index (κ3) is 5.46. The van der Waals surface area contributed by atoms with Crippen molar-refractivity contribution in [1.82, 2.24) is 4.90 Å². The average molecular weight is 273 g/mol. The monoisotopic (exact) mass is 273 g/mol. The van der Waals surface area contributed by atoms with Crippen molar-refractivity contribution in [2.45, 2.75) is 39.0 Å². The number of hydrogen-bond acceptors (Lipinski definition) is 1. The summed E-state index contributed by atoms with van der Waals surface area (Å²) in [5.41, 5.74) is 2.85. The Labute approximate surface area is 124 Å². The quantitative estimate of drug-likeness (QED) is 0.546. The Bertz CT molecular complexity index is 420. The lowest BCUT2D eigenvalue weighted by Crippen LogP contribution is -2.37. The Balaban J connectivity index is 1.52. The molecule has 0 saturated carbocycles. The van der Waals surface area contributed by atoms with Crippen molar-refractivity contribution < 1.29 is 4.58 Å². The number of hydrogen-bond donors (Lipinski definition) is 0. The van der Waals surface area contributed by atoms with Crippen molar-refractivity contribution in [3.63, 3.8) is 0 Å². The molecule has 0 unspecified atom stereocenters. The van der Waals surface area contributed by atoms with Crippen LogP contribution in [0, 0.1) is 6.92 Å². The second-order valence-electron chi connectivity index (χ2n) is 6.13. The number of aryl methyl sites for hydroxylation is 2. The largest absolute Gasteiger partial charge is 0.291 e. The van der Waals surface area contributed by atoms with Gasteiger partial charge in [0.05, 0.1) is 13.1 Å². The zero-order valence-electron chi connectivity index (χ0n) is 13.1. The fraction of sp³-hybridized carbons (Fsp3) is 0.611. The van der Waals surface area contributed by atoms with E-state index < -0.39 is 0 Å². The fourth-order valence-electron chi connectivity index (χ4n) is 2.69. The molecule has 1 aliphatic rings. The topological polar surface area (TPSA) is 6.25 Å².